The van der Waals surface area contributed by atoms with E-state index in [0.29, 0.717) is 73.9 Å². The van der Waals surface area contributed by atoms with Crippen molar-refractivity contribution in [2.75, 3.05) is 39.6 Å². The molecule has 0 unspecified atom stereocenters. The van der Waals surface area contributed by atoms with E-state index in [4.69, 9.17) is 48.4 Å². The standard InChI is InChI=1S/C132H230N6O6/c1-7-13-19-25-31-37-43-49-55-61-67-73-79-85-91-97-103-139-121-109-115-116(110-122(121)140-104-98-92-86-80-74-68-62-56-50-44-38-32-26-20-14-8-2)128-133-127(115)136-129-117-111-123(141-105-99-93-87-81-75-69-63-57-51-45-39-33-27-21-15-9-3)124(142-106-100-94-88-82-76-70-64-58-52-46-40-34-28-22-16-10-4)112-118(117)131(134-129)138-132-120-114-126(144-108-102-96-90-84-78-72-66-60-54-48-42-36-30-24-18-12-6)125(113-119(120)130(135-132)137-128)143-107-101-95-89-83-77-71-65-59-53-47-41-35-29-23-17-11-5/h109-114H,7-108H2,1-6H3,(H2,133,134,135,136,137,138). The van der Waals surface area contributed by atoms with Crippen LogP contribution in [0.25, 0.3) is 66.9 Å². The number of H-pyrrole nitrogens is 2. The zero-order chi connectivity index (χ0) is 101. The van der Waals surface area contributed by atoms with Crippen LogP contribution in [0.2, 0.25) is 0 Å². The summed E-state index contributed by atoms with van der Waals surface area (Å²) in [4.78, 5) is 30.4. The van der Waals surface area contributed by atoms with Crippen molar-refractivity contribution < 1.29 is 28.4 Å². The van der Waals surface area contributed by atoms with Crippen molar-refractivity contribution in [1.82, 2.24) is 29.9 Å². The minimum atomic E-state index is 0.568. The number of unbranched alkanes of at least 4 members (excludes halogenated alkanes) is 90. The van der Waals surface area contributed by atoms with E-state index in [-0.39, 0.29) is 0 Å². The molecule has 6 aromatic rings. The van der Waals surface area contributed by atoms with E-state index in [1.807, 2.05) is 0 Å². The zero-order valence-electron chi connectivity index (χ0n) is 95.8. The van der Waals surface area contributed by atoms with Crippen molar-refractivity contribution in [2.24, 2.45) is 0 Å². The Labute approximate surface area is 888 Å². The first-order valence-electron chi connectivity index (χ1n) is 64.5. The van der Waals surface area contributed by atoms with Gasteiger partial charge in [-0.2, -0.15) is 0 Å². The van der Waals surface area contributed by atoms with Gasteiger partial charge in [-0.1, -0.05) is 619 Å². The molecule has 0 fully saturated rings. The summed E-state index contributed by atoms with van der Waals surface area (Å²) in [6, 6.07) is 13.1. The minimum Gasteiger partial charge on any atom is -0.490 e. The monoisotopic (exact) mass is 2000 g/mol. The van der Waals surface area contributed by atoms with Crippen LogP contribution in [0.4, 0.5) is 0 Å². The van der Waals surface area contributed by atoms with Gasteiger partial charge in [-0.3, -0.25) is 0 Å². The van der Waals surface area contributed by atoms with E-state index in [1.54, 1.807) is 0 Å². The Kier molecular flexibility index (Phi) is 78.6. The molecule has 0 saturated carbocycles. The lowest BCUT2D eigenvalue weighted by Crippen LogP contribution is -2.03. The maximum Gasteiger partial charge on any atom is 0.164 e. The lowest BCUT2D eigenvalue weighted by atomic mass is 10.0. The molecule has 0 spiro atoms. The number of nitrogens with zero attached hydrogens (tertiary/aromatic N) is 4. The van der Waals surface area contributed by atoms with Crippen LogP contribution in [0.15, 0.2) is 36.4 Å². The molecule has 6 bridgehead atoms. The highest BCUT2D eigenvalue weighted by molar-refractivity contribution is 6.09. The van der Waals surface area contributed by atoms with E-state index in [9.17, 15) is 0 Å². The predicted molar refractivity (Wildman–Crippen MR) is 629 cm³/mol. The van der Waals surface area contributed by atoms with Crippen LogP contribution in [0.3, 0.4) is 0 Å². The fourth-order valence-corrected chi connectivity index (χ4v) is 22.1. The number of hydrogen-bond acceptors (Lipinski definition) is 10. The molecular formula is C132H230N6O6. The van der Waals surface area contributed by atoms with Crippen LogP contribution in [0.1, 0.15) is 658 Å². The third-order valence-corrected chi connectivity index (χ3v) is 31.6. The molecule has 1 aliphatic heterocycles. The molecular weight excluding hydrogens is 1770 g/mol. The molecule has 0 aliphatic carbocycles. The second-order valence-electron chi connectivity index (χ2n) is 45.2. The molecule has 824 valence electrons. The first kappa shape index (κ1) is 125. The summed E-state index contributed by atoms with van der Waals surface area (Å²) in [7, 11) is 0. The molecule has 144 heavy (non-hydrogen) atoms. The van der Waals surface area contributed by atoms with Crippen LogP contribution in [0, 0.1) is 0 Å². The number of aromatic nitrogens is 6. The molecule has 3 aromatic carbocycles. The van der Waals surface area contributed by atoms with Gasteiger partial charge >= 0.3 is 0 Å². The van der Waals surface area contributed by atoms with Gasteiger partial charge < -0.3 is 38.4 Å². The lowest BCUT2D eigenvalue weighted by molar-refractivity contribution is 0.258. The normalized spacial score (nSPS) is 11.9. The summed E-state index contributed by atoms with van der Waals surface area (Å²) in [6.45, 7) is 17.6. The van der Waals surface area contributed by atoms with Crippen LogP contribution < -0.4 is 28.4 Å². The van der Waals surface area contributed by atoms with E-state index < -0.39 is 0 Å². The second kappa shape index (κ2) is 90.2. The molecule has 4 heterocycles. The fourth-order valence-electron chi connectivity index (χ4n) is 22.1. The third-order valence-electron chi connectivity index (χ3n) is 31.6. The third kappa shape index (κ3) is 59.9. The smallest absolute Gasteiger partial charge is 0.164 e. The quantitative estimate of drug-likeness (QED) is 0.0354. The van der Waals surface area contributed by atoms with E-state index >= 15 is 0 Å². The van der Waals surface area contributed by atoms with Gasteiger partial charge in [0.15, 0.2) is 46.1 Å². The van der Waals surface area contributed by atoms with Crippen molar-refractivity contribution in [3.8, 4) is 57.3 Å². The lowest BCUT2D eigenvalue weighted by Gasteiger charge is -2.15. The number of aromatic amines is 2. The van der Waals surface area contributed by atoms with Gasteiger partial charge in [0.1, 0.15) is 22.6 Å². The average molecular weight is 2000 g/mol. The van der Waals surface area contributed by atoms with Gasteiger partial charge in [-0.15, -0.1) is 0 Å². The molecule has 2 N–H and O–H groups in total. The Bertz CT molecular complexity index is 3760. The van der Waals surface area contributed by atoms with Gasteiger partial charge in [-0.25, -0.2) is 19.9 Å². The average Bonchev–Trinajstić information content (AvgIpc) is 1.59. The van der Waals surface area contributed by atoms with Gasteiger partial charge in [0.05, 0.1) is 39.6 Å². The highest BCUT2D eigenvalue weighted by Gasteiger charge is 2.27. The topological polar surface area (TPSA) is 139 Å². The summed E-state index contributed by atoms with van der Waals surface area (Å²) >= 11 is 0. The Morgan fingerprint density at radius 3 is 0.396 bits per heavy atom. The van der Waals surface area contributed by atoms with E-state index in [0.717, 1.165) is 144 Å². The van der Waals surface area contributed by atoms with Crippen molar-refractivity contribution in [2.45, 2.75) is 658 Å². The van der Waals surface area contributed by atoms with Gasteiger partial charge in [-0.05, 0) is 74.9 Å². The summed E-state index contributed by atoms with van der Waals surface area (Å²) in [5, 5.41) is 3.63. The van der Waals surface area contributed by atoms with E-state index in [1.165, 1.54) is 539 Å². The van der Waals surface area contributed by atoms with Crippen LogP contribution in [0.5, 0.6) is 34.5 Å². The van der Waals surface area contributed by atoms with Crippen molar-refractivity contribution >= 4 is 44.1 Å². The minimum absolute atomic E-state index is 0.568. The van der Waals surface area contributed by atoms with Crippen molar-refractivity contribution in [1.29, 1.82) is 0 Å². The van der Waals surface area contributed by atoms with Gasteiger partial charge in [0, 0.05) is 32.7 Å². The summed E-state index contributed by atoms with van der Waals surface area (Å²) in [6.07, 6.45) is 128. The first-order valence-corrected chi connectivity index (χ1v) is 64.5. The molecule has 0 saturated heterocycles. The Hall–Kier alpha value is -5.52. The maximum atomic E-state index is 7.05. The summed E-state index contributed by atoms with van der Waals surface area (Å²) < 4.78 is 42.3. The number of nitrogens with one attached hydrogen (secondary N) is 2. The van der Waals surface area contributed by atoms with Crippen LogP contribution in [-0.4, -0.2) is 69.5 Å². The molecule has 12 nitrogen and oxygen atoms in total. The Morgan fingerprint density at radius 1 is 0.139 bits per heavy atom. The fraction of sp³-hybridized carbons (Fsp3) is 0.818. The number of hydrogen-bond donors (Lipinski definition) is 2. The molecule has 3 aromatic heterocycles. The van der Waals surface area contributed by atoms with Crippen molar-refractivity contribution in [3.05, 3.63) is 36.4 Å². The summed E-state index contributed by atoms with van der Waals surface area (Å²) in [5.41, 5.74) is 4.42. The van der Waals surface area contributed by atoms with Gasteiger partial charge in [0.25, 0.3) is 0 Å². The number of fused-ring (bicyclic) bond motifs is 15. The SMILES string of the molecule is CCCCCCCCCCCCCCCCCCOc1cc2c(cc1OCCCCCCCCCCCCCCCCCC)-c1nc-2nc2[nH]c(nc3[nH]c(n1)c1cc(OCCCCCCCCCCCCCCCCCC)c(OCCCCCCCCCCCCCCCCCC)cc31)c1cc(OCCCCCCCCCCCCCCCCCC)c(OCCCCCCCCCCCCCCCCCC)cc21. The van der Waals surface area contributed by atoms with Crippen molar-refractivity contribution in [3.63, 3.8) is 0 Å². The van der Waals surface area contributed by atoms with Gasteiger partial charge in [0.2, 0.25) is 0 Å². The highest BCUT2D eigenvalue weighted by atomic mass is 16.5. The molecule has 0 atom stereocenters. The van der Waals surface area contributed by atoms with E-state index in [2.05, 4.69) is 87.9 Å². The Balaban J connectivity index is 1.19. The first-order chi connectivity index (χ1) is 71.5. The largest absolute Gasteiger partial charge is 0.490 e. The Morgan fingerprint density at radius 2 is 0.257 bits per heavy atom. The predicted octanol–water partition coefficient (Wildman–Crippen LogP) is 45.1. The molecule has 0 amide bonds. The molecule has 0 radical (unpaired) electrons. The van der Waals surface area contributed by atoms with Crippen LogP contribution >= 0.6 is 0 Å². The molecule has 1 aliphatic rings. The number of ether oxygens (including phenoxy) is 6. The number of rotatable bonds is 108. The van der Waals surface area contributed by atoms with Crippen LogP contribution in [-0.2, 0) is 0 Å². The highest BCUT2D eigenvalue weighted by Crippen LogP contribution is 2.45. The molecule has 7 rings (SSSR count). The number of benzene rings is 3. The zero-order valence-corrected chi connectivity index (χ0v) is 95.8. The molecule has 12 heteroatoms. The summed E-state index contributed by atoms with van der Waals surface area (Å²) in [5.74, 6) is 5.64. The maximum absolute atomic E-state index is 7.05. The second-order valence-corrected chi connectivity index (χ2v) is 45.2.